The maximum absolute atomic E-state index is 6.12. The molecule has 0 spiro atoms. The van der Waals surface area contributed by atoms with E-state index in [0.29, 0.717) is 0 Å². The number of unbranched alkanes of at least 4 members (excludes halogenated alkanes) is 38. The number of ether oxygens (including phenoxy) is 2. The molecule has 0 fully saturated rings. The molecule has 0 saturated carbocycles. The summed E-state index contributed by atoms with van der Waals surface area (Å²) in [6, 6.07) is 6.14. The molecule has 1 aromatic rings. The highest BCUT2D eigenvalue weighted by Crippen LogP contribution is 2.25. The second kappa shape index (κ2) is 42.0. The van der Waals surface area contributed by atoms with Crippen molar-refractivity contribution in [1.82, 2.24) is 0 Å². The van der Waals surface area contributed by atoms with Crippen LogP contribution in [0.5, 0.6) is 11.5 Å². The van der Waals surface area contributed by atoms with Crippen LogP contribution >= 0.6 is 0 Å². The van der Waals surface area contributed by atoms with Crippen LogP contribution in [0, 0.1) is 6.92 Å². The first-order chi connectivity index (χ1) is 26.3. The Morgan fingerprint density at radius 2 is 0.566 bits per heavy atom. The Kier molecular flexibility index (Phi) is 39.5. The number of benzene rings is 1. The summed E-state index contributed by atoms with van der Waals surface area (Å²) in [6.45, 7) is 10.4. The maximum atomic E-state index is 6.12. The first kappa shape index (κ1) is 49.8. The molecule has 311 valence electrons. The fourth-order valence-corrected chi connectivity index (χ4v) is 7.85. The second-order valence-corrected chi connectivity index (χ2v) is 16.9. The average Bonchev–Trinajstić information content (AvgIpc) is 3.17. The summed E-state index contributed by atoms with van der Waals surface area (Å²) in [4.78, 5) is 0. The van der Waals surface area contributed by atoms with Crippen LogP contribution in [0.25, 0.3) is 0 Å². The molecular formula is C51H95O2. The minimum atomic E-state index is 0.782. The minimum Gasteiger partial charge on any atom is -0.493 e. The lowest BCUT2D eigenvalue weighted by Crippen LogP contribution is -2.01. The van der Waals surface area contributed by atoms with E-state index in [1.807, 2.05) is 12.1 Å². The summed E-state index contributed by atoms with van der Waals surface area (Å²) >= 11 is 0. The normalized spacial score (nSPS) is 11.5. The summed E-state index contributed by atoms with van der Waals surface area (Å²) in [7, 11) is 0. The van der Waals surface area contributed by atoms with E-state index in [-0.39, 0.29) is 0 Å². The van der Waals surface area contributed by atoms with Gasteiger partial charge in [0.2, 0.25) is 0 Å². The molecule has 0 saturated heterocycles. The Hall–Kier alpha value is -1.18. The zero-order valence-electron chi connectivity index (χ0n) is 36.5. The van der Waals surface area contributed by atoms with Crippen LogP contribution in [0.3, 0.4) is 0 Å². The topological polar surface area (TPSA) is 18.5 Å². The van der Waals surface area contributed by atoms with E-state index in [2.05, 4.69) is 26.8 Å². The first-order valence-corrected chi connectivity index (χ1v) is 24.5. The van der Waals surface area contributed by atoms with Gasteiger partial charge in [-0.25, -0.2) is 0 Å². The third kappa shape index (κ3) is 36.2. The zero-order chi connectivity index (χ0) is 38.0. The fourth-order valence-electron chi connectivity index (χ4n) is 7.85. The first-order valence-electron chi connectivity index (χ1n) is 24.5. The summed E-state index contributed by atoms with van der Waals surface area (Å²) < 4.78 is 12.2. The molecule has 0 unspecified atom stereocenters. The van der Waals surface area contributed by atoms with Gasteiger partial charge in [-0.15, -0.1) is 0 Å². The van der Waals surface area contributed by atoms with Crippen molar-refractivity contribution in [2.24, 2.45) is 0 Å². The van der Waals surface area contributed by atoms with Crippen molar-refractivity contribution in [2.45, 2.75) is 271 Å². The van der Waals surface area contributed by atoms with Crippen molar-refractivity contribution in [3.05, 3.63) is 30.7 Å². The van der Waals surface area contributed by atoms with Crippen molar-refractivity contribution >= 4 is 0 Å². The van der Waals surface area contributed by atoms with Crippen molar-refractivity contribution < 1.29 is 9.47 Å². The number of rotatable bonds is 44. The van der Waals surface area contributed by atoms with Crippen molar-refractivity contribution in [2.75, 3.05) is 13.2 Å². The molecule has 2 heteroatoms. The average molecular weight is 740 g/mol. The molecule has 0 bridgehead atoms. The van der Waals surface area contributed by atoms with Gasteiger partial charge in [0.1, 0.15) is 11.5 Å². The largest absolute Gasteiger partial charge is 0.493 e. The molecule has 0 aromatic heterocycles. The number of hydrogen-bond acceptors (Lipinski definition) is 2. The third-order valence-corrected chi connectivity index (χ3v) is 11.6. The molecule has 1 aromatic carbocycles. The van der Waals surface area contributed by atoms with Gasteiger partial charge in [0.05, 0.1) is 13.2 Å². The summed E-state index contributed by atoms with van der Waals surface area (Å²) in [5.74, 6) is 1.82. The second-order valence-electron chi connectivity index (χ2n) is 16.9. The van der Waals surface area contributed by atoms with Crippen molar-refractivity contribution in [1.29, 1.82) is 0 Å². The minimum absolute atomic E-state index is 0.782. The van der Waals surface area contributed by atoms with Gasteiger partial charge < -0.3 is 9.47 Å². The van der Waals surface area contributed by atoms with E-state index in [4.69, 9.17) is 9.47 Å². The van der Waals surface area contributed by atoms with Gasteiger partial charge in [-0.2, -0.15) is 0 Å². The van der Waals surface area contributed by atoms with Gasteiger partial charge in [0.15, 0.2) is 0 Å². The predicted molar refractivity (Wildman–Crippen MR) is 238 cm³/mol. The molecule has 0 aliphatic rings. The van der Waals surface area contributed by atoms with E-state index in [1.54, 1.807) is 0 Å². The van der Waals surface area contributed by atoms with Crippen LogP contribution < -0.4 is 9.47 Å². The lowest BCUT2D eigenvalue weighted by Gasteiger charge is -2.12. The Labute approximate surface area is 334 Å². The van der Waals surface area contributed by atoms with Crippen LogP contribution in [0.2, 0.25) is 0 Å². The Balaban J connectivity index is 1.84. The van der Waals surface area contributed by atoms with Gasteiger partial charge in [0, 0.05) is 6.07 Å². The Bertz CT molecular complexity index is 834. The quantitative estimate of drug-likeness (QED) is 0.0621. The molecule has 0 amide bonds. The van der Waals surface area contributed by atoms with E-state index in [0.717, 1.165) is 43.1 Å². The van der Waals surface area contributed by atoms with Crippen molar-refractivity contribution in [3.63, 3.8) is 0 Å². The van der Waals surface area contributed by atoms with Crippen LogP contribution in [0.15, 0.2) is 18.2 Å². The molecule has 1 rings (SSSR count). The van der Waals surface area contributed by atoms with Crippen LogP contribution in [0.1, 0.15) is 276 Å². The molecular weight excluding hydrogens is 645 g/mol. The van der Waals surface area contributed by atoms with Gasteiger partial charge >= 0.3 is 0 Å². The third-order valence-electron chi connectivity index (χ3n) is 11.6. The van der Waals surface area contributed by atoms with Gasteiger partial charge in [-0.05, 0) is 31.4 Å². The molecule has 0 aliphatic heterocycles. The molecule has 53 heavy (non-hydrogen) atoms. The smallest absolute Gasteiger partial charge is 0.126 e. The predicted octanol–water partition coefficient (Wildman–Crippen LogP) is 18.3. The molecule has 2 nitrogen and oxygen atoms in total. The highest BCUT2D eigenvalue weighted by Gasteiger charge is 2.04. The lowest BCUT2D eigenvalue weighted by atomic mass is 10.0. The van der Waals surface area contributed by atoms with Gasteiger partial charge in [-0.3, -0.25) is 0 Å². The highest BCUT2D eigenvalue weighted by molar-refractivity contribution is 5.42. The fraction of sp³-hybridized carbons (Fsp3) is 0.863. The van der Waals surface area contributed by atoms with E-state index in [9.17, 15) is 0 Å². The van der Waals surface area contributed by atoms with Crippen LogP contribution in [0.4, 0.5) is 0 Å². The van der Waals surface area contributed by atoms with E-state index < -0.39 is 0 Å². The lowest BCUT2D eigenvalue weighted by molar-refractivity contribution is 0.289. The maximum Gasteiger partial charge on any atom is 0.126 e. The summed E-state index contributed by atoms with van der Waals surface area (Å²) in [5, 5.41) is 0. The molecule has 1 radical (unpaired) electrons. The van der Waals surface area contributed by atoms with Crippen LogP contribution in [-0.2, 0) is 0 Å². The van der Waals surface area contributed by atoms with Crippen LogP contribution in [-0.4, -0.2) is 13.2 Å². The van der Waals surface area contributed by atoms with Gasteiger partial charge in [-0.1, -0.05) is 264 Å². The summed E-state index contributed by atoms with van der Waals surface area (Å²) in [5.41, 5.74) is 0.962. The van der Waals surface area contributed by atoms with Crippen molar-refractivity contribution in [3.8, 4) is 11.5 Å². The van der Waals surface area contributed by atoms with E-state index in [1.165, 1.54) is 244 Å². The molecule has 0 aliphatic carbocycles. The SMILES string of the molecule is [CH2]c1ccc(OCCCCCCCCCCCCCCCCCCCCCC)cc1OCCCCCCCCCCCCCCCCCCCCCC. The molecule has 0 heterocycles. The summed E-state index contributed by atoms with van der Waals surface area (Å²) in [6.07, 6.45) is 56.5. The Morgan fingerprint density at radius 1 is 0.321 bits per heavy atom. The number of hydrogen-bond donors (Lipinski definition) is 0. The van der Waals surface area contributed by atoms with E-state index >= 15 is 0 Å². The molecule has 0 N–H and O–H groups in total. The Morgan fingerprint density at radius 3 is 0.849 bits per heavy atom. The van der Waals surface area contributed by atoms with Gasteiger partial charge in [0.25, 0.3) is 0 Å². The molecule has 0 atom stereocenters. The monoisotopic (exact) mass is 740 g/mol. The standard InChI is InChI=1S/C51H95O2/c1-4-6-8-10-12-14-16-18-20-22-24-26-28-30-32-34-36-38-40-42-46-52-50-45-44-49(3)51(48-50)53-47-43-41-39-37-35-33-31-29-27-25-23-21-19-17-15-13-11-9-7-5-2/h44-45,48H,3-43,46-47H2,1-2H3. The zero-order valence-corrected chi connectivity index (χ0v) is 36.5. The highest BCUT2D eigenvalue weighted by atomic mass is 16.5.